The molecular weight excluding hydrogens is 422 g/mol. The van der Waals surface area contributed by atoms with Gasteiger partial charge in [0.05, 0.1) is 5.69 Å². The first-order valence-corrected chi connectivity index (χ1v) is 12.0. The van der Waals surface area contributed by atoms with E-state index in [0.717, 1.165) is 35.9 Å². The van der Waals surface area contributed by atoms with Crippen molar-refractivity contribution in [3.63, 3.8) is 0 Å². The molecule has 0 saturated carbocycles. The summed E-state index contributed by atoms with van der Waals surface area (Å²) >= 11 is 0. The largest absolute Gasteiger partial charge is 0.352 e. The number of piperazine rings is 1. The predicted octanol–water partition coefficient (Wildman–Crippen LogP) is 5.72. The van der Waals surface area contributed by atoms with Crippen molar-refractivity contribution >= 4 is 17.5 Å². The van der Waals surface area contributed by atoms with Crippen LogP contribution < -0.4 is 10.2 Å². The number of hydrogen-bond donors (Lipinski definition) is 1. The molecule has 0 radical (unpaired) electrons. The van der Waals surface area contributed by atoms with Crippen LogP contribution in [-0.2, 0) is 5.41 Å². The number of hydrogen-bond acceptors (Lipinski definition) is 4. The van der Waals surface area contributed by atoms with E-state index >= 15 is 0 Å². The highest BCUT2D eigenvalue weighted by molar-refractivity contribution is 5.89. The lowest BCUT2D eigenvalue weighted by Gasteiger charge is -2.35. The Balaban J connectivity index is 1.34. The van der Waals surface area contributed by atoms with Crippen LogP contribution in [0.1, 0.15) is 43.0 Å². The second-order valence-corrected chi connectivity index (χ2v) is 10.3. The summed E-state index contributed by atoms with van der Waals surface area (Å²) in [6.07, 6.45) is 0. The smallest absolute Gasteiger partial charge is 0.321 e. The quantitative estimate of drug-likeness (QED) is 0.546. The van der Waals surface area contributed by atoms with Crippen molar-refractivity contribution in [2.45, 2.75) is 47.0 Å². The van der Waals surface area contributed by atoms with Gasteiger partial charge in [0.1, 0.15) is 0 Å². The fourth-order valence-electron chi connectivity index (χ4n) is 4.27. The number of aryl methyl sites for hydroxylation is 3. The molecule has 0 bridgehead atoms. The molecule has 1 fully saturated rings. The van der Waals surface area contributed by atoms with E-state index in [1.807, 2.05) is 29.2 Å². The summed E-state index contributed by atoms with van der Waals surface area (Å²) in [6, 6.07) is 16.5. The number of carbonyl (C=O) groups is 1. The van der Waals surface area contributed by atoms with Crippen molar-refractivity contribution in [1.29, 1.82) is 0 Å². The van der Waals surface area contributed by atoms with E-state index in [0.29, 0.717) is 13.1 Å². The number of benzene rings is 2. The average Bonchev–Trinajstić information content (AvgIpc) is 2.81. The Morgan fingerprint density at radius 3 is 2.06 bits per heavy atom. The Morgan fingerprint density at radius 2 is 1.47 bits per heavy atom. The van der Waals surface area contributed by atoms with E-state index in [1.54, 1.807) is 0 Å². The molecular formula is C28H35N5O. The number of urea groups is 1. The van der Waals surface area contributed by atoms with Crippen LogP contribution in [0.25, 0.3) is 11.3 Å². The zero-order valence-electron chi connectivity index (χ0n) is 21.1. The Bertz CT molecular complexity index is 1160. The van der Waals surface area contributed by atoms with Crippen molar-refractivity contribution in [3.8, 4) is 11.3 Å². The van der Waals surface area contributed by atoms with E-state index in [2.05, 4.69) is 86.2 Å². The van der Waals surface area contributed by atoms with Crippen LogP contribution >= 0.6 is 0 Å². The van der Waals surface area contributed by atoms with Crippen LogP contribution in [0.15, 0.2) is 48.5 Å². The number of carbonyl (C=O) groups excluding carboxylic acids is 1. The molecule has 1 saturated heterocycles. The molecule has 3 aromatic rings. The van der Waals surface area contributed by atoms with Crippen LogP contribution in [-0.4, -0.2) is 47.3 Å². The molecule has 6 nitrogen and oxygen atoms in total. The van der Waals surface area contributed by atoms with Gasteiger partial charge in [-0.3, -0.25) is 0 Å². The lowest BCUT2D eigenvalue weighted by molar-refractivity contribution is 0.208. The Hall–Kier alpha value is -3.41. The number of aromatic nitrogens is 2. The maximum atomic E-state index is 12.7. The molecule has 4 rings (SSSR count). The third-order valence-corrected chi connectivity index (χ3v) is 6.66. The van der Waals surface area contributed by atoms with Gasteiger partial charge in [-0.2, -0.15) is 0 Å². The molecule has 2 amide bonds. The minimum atomic E-state index is -0.0604. The molecule has 0 unspecified atom stereocenters. The summed E-state index contributed by atoms with van der Waals surface area (Å²) < 4.78 is 0. The Labute approximate surface area is 203 Å². The highest BCUT2D eigenvalue weighted by Gasteiger charge is 2.22. The monoisotopic (exact) mass is 457 g/mol. The van der Waals surface area contributed by atoms with Crippen LogP contribution in [0, 0.1) is 20.8 Å². The van der Waals surface area contributed by atoms with Crippen molar-refractivity contribution in [3.05, 3.63) is 70.8 Å². The normalized spacial score (nSPS) is 14.3. The van der Waals surface area contributed by atoms with Crippen LogP contribution in [0.3, 0.4) is 0 Å². The van der Waals surface area contributed by atoms with Gasteiger partial charge in [0, 0.05) is 37.4 Å². The molecule has 1 aliphatic rings. The molecule has 0 spiro atoms. The lowest BCUT2D eigenvalue weighted by atomic mass is 9.87. The molecule has 1 N–H and O–H groups in total. The standard InChI is InChI=1S/C28H35N5O/c1-19-17-21(3)24(18-20(19)2)25-11-12-26(31-30-25)32-13-15-33(16-14-32)27(34)29-23-9-7-22(8-10-23)28(4,5)6/h7-12,17-18H,13-16H2,1-6H3,(H,29,34). The molecule has 34 heavy (non-hydrogen) atoms. The molecule has 2 aromatic carbocycles. The number of nitrogens with zero attached hydrogens (tertiary/aromatic N) is 4. The van der Waals surface area contributed by atoms with E-state index in [-0.39, 0.29) is 11.4 Å². The predicted molar refractivity (Wildman–Crippen MR) is 140 cm³/mol. The topological polar surface area (TPSA) is 61.4 Å². The van der Waals surface area contributed by atoms with Gasteiger partial charge in [-0.1, -0.05) is 39.0 Å². The highest BCUT2D eigenvalue weighted by Crippen LogP contribution is 2.26. The minimum absolute atomic E-state index is 0.0604. The maximum absolute atomic E-state index is 12.7. The van der Waals surface area contributed by atoms with E-state index in [1.165, 1.54) is 22.3 Å². The summed E-state index contributed by atoms with van der Waals surface area (Å²) in [5.74, 6) is 0.850. The van der Waals surface area contributed by atoms with Gasteiger partial charge in [0.15, 0.2) is 5.82 Å². The summed E-state index contributed by atoms with van der Waals surface area (Å²) in [5, 5.41) is 12.0. The van der Waals surface area contributed by atoms with Crippen LogP contribution in [0.4, 0.5) is 16.3 Å². The van der Waals surface area contributed by atoms with Gasteiger partial charge in [0.2, 0.25) is 0 Å². The zero-order valence-corrected chi connectivity index (χ0v) is 21.1. The Morgan fingerprint density at radius 1 is 0.824 bits per heavy atom. The lowest BCUT2D eigenvalue weighted by Crippen LogP contribution is -2.50. The molecule has 1 aliphatic heterocycles. The van der Waals surface area contributed by atoms with Crippen LogP contribution in [0.2, 0.25) is 0 Å². The van der Waals surface area contributed by atoms with Gasteiger partial charge in [-0.25, -0.2) is 4.79 Å². The number of nitrogens with one attached hydrogen (secondary N) is 1. The average molecular weight is 458 g/mol. The van der Waals surface area contributed by atoms with Crippen molar-refractivity contribution in [2.75, 3.05) is 36.4 Å². The van der Waals surface area contributed by atoms with Gasteiger partial charge >= 0.3 is 6.03 Å². The number of amides is 2. The molecule has 1 aromatic heterocycles. The summed E-state index contributed by atoms with van der Waals surface area (Å²) in [5.41, 5.74) is 7.93. The van der Waals surface area contributed by atoms with E-state index in [9.17, 15) is 4.79 Å². The third kappa shape index (κ3) is 5.22. The SMILES string of the molecule is Cc1cc(C)c(-c2ccc(N3CCN(C(=O)Nc4ccc(C(C)(C)C)cc4)CC3)nn2)cc1C. The van der Waals surface area contributed by atoms with Crippen LogP contribution in [0.5, 0.6) is 0 Å². The summed E-state index contributed by atoms with van der Waals surface area (Å²) in [6.45, 7) is 15.7. The van der Waals surface area contributed by atoms with Crippen molar-refractivity contribution in [1.82, 2.24) is 15.1 Å². The van der Waals surface area contributed by atoms with Crippen molar-refractivity contribution in [2.24, 2.45) is 0 Å². The fraction of sp³-hybridized carbons (Fsp3) is 0.393. The molecule has 178 valence electrons. The first-order valence-electron chi connectivity index (χ1n) is 12.0. The molecule has 0 aliphatic carbocycles. The second kappa shape index (κ2) is 9.45. The first-order chi connectivity index (χ1) is 16.1. The first kappa shape index (κ1) is 23.7. The molecule has 6 heteroatoms. The zero-order chi connectivity index (χ0) is 24.5. The second-order valence-electron chi connectivity index (χ2n) is 10.3. The molecule has 0 atom stereocenters. The summed E-state index contributed by atoms with van der Waals surface area (Å²) in [7, 11) is 0. The minimum Gasteiger partial charge on any atom is -0.352 e. The number of rotatable bonds is 3. The van der Waals surface area contributed by atoms with E-state index < -0.39 is 0 Å². The number of anilines is 2. The fourth-order valence-corrected chi connectivity index (χ4v) is 4.27. The van der Waals surface area contributed by atoms with Gasteiger partial charge in [-0.15, -0.1) is 10.2 Å². The Kier molecular flexibility index (Phi) is 6.60. The third-order valence-electron chi connectivity index (χ3n) is 6.66. The van der Waals surface area contributed by atoms with Gasteiger partial charge in [-0.05, 0) is 78.8 Å². The molecule has 2 heterocycles. The summed E-state index contributed by atoms with van der Waals surface area (Å²) in [4.78, 5) is 16.8. The van der Waals surface area contributed by atoms with Gasteiger partial charge < -0.3 is 15.1 Å². The maximum Gasteiger partial charge on any atom is 0.321 e. The highest BCUT2D eigenvalue weighted by atomic mass is 16.2. The van der Waals surface area contributed by atoms with Crippen molar-refractivity contribution < 1.29 is 4.79 Å². The van der Waals surface area contributed by atoms with Gasteiger partial charge in [0.25, 0.3) is 0 Å². The van der Waals surface area contributed by atoms with E-state index in [4.69, 9.17) is 0 Å².